The van der Waals surface area contributed by atoms with Crippen LogP contribution in [-0.2, 0) is 16.1 Å². The average Bonchev–Trinajstić information content (AvgIpc) is 3.02. The van der Waals surface area contributed by atoms with Crippen LogP contribution in [0.3, 0.4) is 0 Å². The van der Waals surface area contributed by atoms with Crippen molar-refractivity contribution in [2.24, 2.45) is 0 Å². The van der Waals surface area contributed by atoms with Gasteiger partial charge in [-0.15, -0.1) is 17.9 Å². The van der Waals surface area contributed by atoms with E-state index in [0.717, 1.165) is 22.7 Å². The fraction of sp³-hybridized carbons (Fsp3) is 0.312. The Morgan fingerprint density at radius 2 is 2.27 bits per heavy atom. The van der Waals surface area contributed by atoms with E-state index in [1.54, 1.807) is 25.4 Å². The zero-order valence-corrected chi connectivity index (χ0v) is 13.3. The molecule has 1 atom stereocenters. The van der Waals surface area contributed by atoms with Gasteiger partial charge in [0, 0.05) is 23.3 Å². The van der Waals surface area contributed by atoms with Gasteiger partial charge < -0.3 is 10.1 Å². The molecule has 0 saturated heterocycles. The molecule has 22 heavy (non-hydrogen) atoms. The minimum atomic E-state index is -0.473. The second-order valence-corrected chi connectivity index (χ2v) is 5.61. The smallest absolute Gasteiger partial charge is 0.249 e. The molecule has 0 radical (unpaired) electrons. The maximum atomic E-state index is 11.9. The number of hydrogen-bond acceptors (Lipinski definition) is 5. The van der Waals surface area contributed by atoms with E-state index in [-0.39, 0.29) is 5.91 Å². The van der Waals surface area contributed by atoms with Crippen LogP contribution in [0.1, 0.15) is 18.4 Å². The molecule has 6 heteroatoms. The van der Waals surface area contributed by atoms with Crippen LogP contribution in [-0.4, -0.2) is 28.6 Å². The number of rotatable bonds is 8. The summed E-state index contributed by atoms with van der Waals surface area (Å²) in [4.78, 5) is 20.4. The van der Waals surface area contributed by atoms with E-state index in [1.807, 2.05) is 17.5 Å². The number of nitrogens with zero attached hydrogens (tertiary/aromatic N) is 2. The minimum absolute atomic E-state index is 0.135. The monoisotopic (exact) mass is 317 g/mol. The van der Waals surface area contributed by atoms with Crippen LogP contribution in [0, 0.1) is 0 Å². The van der Waals surface area contributed by atoms with Gasteiger partial charge in [-0.2, -0.15) is 0 Å². The van der Waals surface area contributed by atoms with Crippen molar-refractivity contribution in [3.05, 3.63) is 47.6 Å². The van der Waals surface area contributed by atoms with Crippen molar-refractivity contribution in [2.45, 2.75) is 26.0 Å². The number of hydrogen-bond donors (Lipinski definition) is 1. The Morgan fingerprint density at radius 1 is 1.50 bits per heavy atom. The lowest BCUT2D eigenvalue weighted by atomic mass is 10.2. The molecule has 1 amide bonds. The van der Waals surface area contributed by atoms with Crippen LogP contribution in [0.4, 0.5) is 0 Å². The number of pyridine rings is 1. The lowest BCUT2D eigenvalue weighted by Crippen LogP contribution is -2.34. The molecule has 2 heterocycles. The molecular weight excluding hydrogens is 298 g/mol. The molecule has 2 rings (SSSR count). The topological polar surface area (TPSA) is 64.1 Å². The van der Waals surface area contributed by atoms with Crippen LogP contribution in [0.15, 0.2) is 42.6 Å². The van der Waals surface area contributed by atoms with E-state index in [1.165, 1.54) is 11.3 Å². The molecule has 0 aliphatic heterocycles. The van der Waals surface area contributed by atoms with Crippen LogP contribution < -0.4 is 5.32 Å². The standard InChI is InChI=1S/C16H19N3O2S/c1-3-4-9-21-12(2)16(20)18-10-15-19-14(11-22-15)13-5-7-17-8-6-13/h3,5-8,11-12H,1,4,9-10H2,2H3,(H,18,20). The van der Waals surface area contributed by atoms with Crippen molar-refractivity contribution in [3.63, 3.8) is 0 Å². The Hall–Kier alpha value is -2.05. The van der Waals surface area contributed by atoms with Crippen molar-refractivity contribution < 1.29 is 9.53 Å². The van der Waals surface area contributed by atoms with Crippen molar-refractivity contribution in [2.75, 3.05) is 6.61 Å². The van der Waals surface area contributed by atoms with Gasteiger partial charge in [-0.3, -0.25) is 9.78 Å². The Bertz CT molecular complexity index is 613. The predicted molar refractivity (Wildman–Crippen MR) is 87.4 cm³/mol. The molecule has 2 aromatic heterocycles. The number of aromatic nitrogens is 2. The average molecular weight is 317 g/mol. The van der Waals surface area contributed by atoms with E-state index in [4.69, 9.17) is 4.74 Å². The number of thiazole rings is 1. The van der Waals surface area contributed by atoms with Crippen molar-refractivity contribution >= 4 is 17.2 Å². The van der Waals surface area contributed by atoms with E-state index in [9.17, 15) is 4.79 Å². The largest absolute Gasteiger partial charge is 0.368 e. The second-order valence-electron chi connectivity index (χ2n) is 4.67. The number of ether oxygens (including phenoxy) is 1. The van der Waals surface area contributed by atoms with Crippen LogP contribution in [0.2, 0.25) is 0 Å². The maximum absolute atomic E-state index is 11.9. The fourth-order valence-corrected chi connectivity index (χ4v) is 2.50. The molecule has 0 aromatic carbocycles. The molecule has 0 fully saturated rings. The second kappa shape index (κ2) is 8.41. The van der Waals surface area contributed by atoms with E-state index < -0.39 is 6.10 Å². The lowest BCUT2D eigenvalue weighted by Gasteiger charge is -2.11. The first-order valence-electron chi connectivity index (χ1n) is 7.05. The molecule has 0 saturated carbocycles. The van der Waals surface area contributed by atoms with Gasteiger partial charge in [-0.1, -0.05) is 6.08 Å². The quantitative estimate of drug-likeness (QED) is 0.600. The van der Waals surface area contributed by atoms with Gasteiger partial charge in [0.05, 0.1) is 18.8 Å². The maximum Gasteiger partial charge on any atom is 0.249 e. The van der Waals surface area contributed by atoms with Gasteiger partial charge in [0.15, 0.2) is 0 Å². The fourth-order valence-electron chi connectivity index (χ4n) is 1.76. The van der Waals surface area contributed by atoms with Gasteiger partial charge in [0.1, 0.15) is 11.1 Å². The van der Waals surface area contributed by atoms with Gasteiger partial charge in [0.2, 0.25) is 5.91 Å². The molecule has 1 unspecified atom stereocenters. The van der Waals surface area contributed by atoms with Crippen LogP contribution in [0.25, 0.3) is 11.3 Å². The number of carbonyl (C=O) groups excluding carboxylic acids is 1. The van der Waals surface area contributed by atoms with Crippen LogP contribution in [0.5, 0.6) is 0 Å². The first kappa shape index (κ1) is 16.3. The van der Waals surface area contributed by atoms with Crippen molar-refractivity contribution in [3.8, 4) is 11.3 Å². The zero-order valence-electron chi connectivity index (χ0n) is 12.5. The first-order valence-corrected chi connectivity index (χ1v) is 7.93. The third-order valence-corrected chi connectivity index (χ3v) is 3.85. The highest BCUT2D eigenvalue weighted by Gasteiger charge is 2.13. The Balaban J connectivity index is 1.83. The highest BCUT2D eigenvalue weighted by Crippen LogP contribution is 2.20. The SMILES string of the molecule is C=CCCOC(C)C(=O)NCc1nc(-c2ccncc2)cs1. The Morgan fingerprint density at radius 3 is 3.00 bits per heavy atom. The normalized spacial score (nSPS) is 11.9. The summed E-state index contributed by atoms with van der Waals surface area (Å²) in [5.74, 6) is -0.135. The molecule has 5 nitrogen and oxygen atoms in total. The summed E-state index contributed by atoms with van der Waals surface area (Å²) in [5.41, 5.74) is 1.91. The Labute approximate surface area is 134 Å². The third kappa shape index (κ3) is 4.75. The summed E-state index contributed by atoms with van der Waals surface area (Å²) in [5, 5.41) is 5.67. The zero-order chi connectivity index (χ0) is 15.8. The van der Waals surface area contributed by atoms with Crippen molar-refractivity contribution in [1.82, 2.24) is 15.3 Å². The lowest BCUT2D eigenvalue weighted by molar-refractivity contribution is -0.131. The number of nitrogens with one attached hydrogen (secondary N) is 1. The summed E-state index contributed by atoms with van der Waals surface area (Å²) < 4.78 is 5.40. The third-order valence-electron chi connectivity index (χ3n) is 3.00. The van der Waals surface area contributed by atoms with E-state index in [2.05, 4.69) is 21.9 Å². The molecule has 0 aliphatic carbocycles. The highest BCUT2D eigenvalue weighted by atomic mass is 32.1. The first-order chi connectivity index (χ1) is 10.7. The Kier molecular flexibility index (Phi) is 6.24. The summed E-state index contributed by atoms with van der Waals surface area (Å²) in [6.07, 6.45) is 5.50. The molecule has 1 N–H and O–H groups in total. The van der Waals surface area contributed by atoms with Crippen LogP contribution >= 0.6 is 11.3 Å². The summed E-state index contributed by atoms with van der Waals surface area (Å²) >= 11 is 1.52. The van der Waals surface area contributed by atoms with Gasteiger partial charge >= 0.3 is 0 Å². The van der Waals surface area contributed by atoms with E-state index in [0.29, 0.717) is 13.2 Å². The molecule has 0 aliphatic rings. The predicted octanol–water partition coefficient (Wildman–Crippen LogP) is 2.80. The number of amides is 1. The molecule has 0 bridgehead atoms. The minimum Gasteiger partial charge on any atom is -0.368 e. The van der Waals surface area contributed by atoms with Gasteiger partial charge in [-0.25, -0.2) is 4.98 Å². The summed E-state index contributed by atoms with van der Waals surface area (Å²) in [6, 6.07) is 3.82. The van der Waals surface area contributed by atoms with Gasteiger partial charge in [-0.05, 0) is 25.5 Å². The van der Waals surface area contributed by atoms with Gasteiger partial charge in [0.25, 0.3) is 0 Å². The molecular formula is C16H19N3O2S. The molecule has 116 valence electrons. The number of carbonyl (C=O) groups is 1. The molecule has 0 spiro atoms. The highest BCUT2D eigenvalue weighted by molar-refractivity contribution is 7.09. The van der Waals surface area contributed by atoms with Crippen molar-refractivity contribution in [1.29, 1.82) is 0 Å². The molecule has 2 aromatic rings. The summed E-state index contributed by atoms with van der Waals surface area (Å²) in [6.45, 7) is 6.26. The van der Waals surface area contributed by atoms with E-state index >= 15 is 0 Å². The summed E-state index contributed by atoms with van der Waals surface area (Å²) in [7, 11) is 0.